The topological polar surface area (TPSA) is 139 Å². The van der Waals surface area contributed by atoms with Gasteiger partial charge >= 0.3 is 12.1 Å². The van der Waals surface area contributed by atoms with Crippen LogP contribution in [0.4, 0.5) is 10.6 Å². The summed E-state index contributed by atoms with van der Waals surface area (Å²) in [5.74, 6) is -0.163. The van der Waals surface area contributed by atoms with Gasteiger partial charge in [0.25, 0.3) is 0 Å². The minimum Gasteiger partial charge on any atom is -0.457 e. The van der Waals surface area contributed by atoms with Crippen molar-refractivity contribution in [1.82, 2.24) is 14.9 Å². The van der Waals surface area contributed by atoms with E-state index in [1.54, 1.807) is 12.1 Å². The normalized spacial score (nSPS) is 20.4. The van der Waals surface area contributed by atoms with Crippen molar-refractivity contribution in [1.29, 1.82) is 0 Å². The third-order valence-corrected chi connectivity index (χ3v) is 8.93. The monoisotopic (exact) mass is 516 g/mol. The van der Waals surface area contributed by atoms with Crippen molar-refractivity contribution in [2.45, 2.75) is 50.0 Å². The zero-order valence-electron chi connectivity index (χ0n) is 20.1. The summed E-state index contributed by atoms with van der Waals surface area (Å²) in [7, 11) is -3.48. The number of likely N-dealkylation sites (tertiary alicyclic amines) is 1. The Labute approximate surface area is 209 Å². The first-order valence-corrected chi connectivity index (χ1v) is 13.5. The van der Waals surface area contributed by atoms with Crippen LogP contribution < -0.4 is 4.90 Å². The number of aliphatic hydroxyl groups is 1. The van der Waals surface area contributed by atoms with Crippen LogP contribution in [0.3, 0.4) is 0 Å². The lowest BCUT2D eigenvalue weighted by Gasteiger charge is -2.38. The molecule has 1 N–H and O–H groups in total. The van der Waals surface area contributed by atoms with E-state index in [9.17, 15) is 23.1 Å². The fourth-order valence-electron chi connectivity index (χ4n) is 5.03. The maximum absolute atomic E-state index is 12.6. The molecule has 11 nitrogen and oxygen atoms in total. The molecule has 2 fully saturated rings. The Morgan fingerprint density at radius 3 is 2.58 bits per heavy atom. The average molecular weight is 517 g/mol. The van der Waals surface area contributed by atoms with E-state index in [2.05, 4.69) is 14.9 Å². The number of carbonyl (C=O) groups is 2. The smallest absolute Gasteiger partial charge is 0.416 e. The first kappa shape index (κ1) is 24.6. The second kappa shape index (κ2) is 9.09. The SMILES string of the molecule is CCS(=O)(=O)c1cnc(N2CC3(CCN(C[C@H](O)c4ccc5c(c4C)COC5=O)CC3)OC2=O)cn1. The maximum Gasteiger partial charge on any atom is 0.416 e. The number of hydrogen-bond donors (Lipinski definition) is 1. The van der Waals surface area contributed by atoms with Crippen LogP contribution in [0, 0.1) is 6.92 Å². The van der Waals surface area contributed by atoms with E-state index in [4.69, 9.17) is 9.47 Å². The number of amides is 1. The summed E-state index contributed by atoms with van der Waals surface area (Å²) in [6, 6.07) is 3.49. The van der Waals surface area contributed by atoms with Crippen LogP contribution in [0.2, 0.25) is 0 Å². The minimum absolute atomic E-state index is 0.0821. The number of hydrogen-bond acceptors (Lipinski definition) is 10. The Kier molecular flexibility index (Phi) is 6.21. The summed E-state index contributed by atoms with van der Waals surface area (Å²) < 4.78 is 34.8. The fraction of sp³-hybridized carbons (Fsp3) is 0.500. The van der Waals surface area contributed by atoms with E-state index in [-0.39, 0.29) is 29.2 Å². The first-order chi connectivity index (χ1) is 17.1. The van der Waals surface area contributed by atoms with Gasteiger partial charge in [-0.2, -0.15) is 0 Å². The largest absolute Gasteiger partial charge is 0.457 e. The Morgan fingerprint density at radius 2 is 1.92 bits per heavy atom. The van der Waals surface area contributed by atoms with Gasteiger partial charge in [-0.1, -0.05) is 13.0 Å². The number of anilines is 1. The average Bonchev–Trinajstić information content (AvgIpc) is 3.41. The molecule has 36 heavy (non-hydrogen) atoms. The lowest BCUT2D eigenvalue weighted by molar-refractivity contribution is -0.00987. The molecule has 1 aromatic heterocycles. The number of cyclic esters (lactones) is 1. The van der Waals surface area contributed by atoms with Crippen LogP contribution in [-0.4, -0.2) is 78.0 Å². The number of piperidine rings is 1. The first-order valence-electron chi connectivity index (χ1n) is 11.9. The molecule has 2 aromatic rings. The van der Waals surface area contributed by atoms with Crippen molar-refractivity contribution < 1.29 is 32.6 Å². The fourth-order valence-corrected chi connectivity index (χ4v) is 5.75. The molecule has 1 atom stereocenters. The molecule has 12 heteroatoms. The Hall–Kier alpha value is -3.09. The highest BCUT2D eigenvalue weighted by atomic mass is 32.2. The zero-order chi connectivity index (χ0) is 25.7. The standard InChI is InChI=1S/C24H28N4O7S/c1-3-36(32,33)21-11-25-20(10-26-21)28-14-24(35-23(28)31)6-8-27(9-7-24)12-19(29)16-4-5-17-18(15(16)2)13-34-22(17)30/h4-5,10-11,19,29H,3,6-9,12-14H2,1-2H3/t19-/m0/s1. The van der Waals surface area contributed by atoms with E-state index in [1.807, 2.05) is 6.92 Å². The van der Waals surface area contributed by atoms with Gasteiger partial charge in [0.05, 0.1) is 36.4 Å². The molecule has 0 bridgehead atoms. The molecule has 2 saturated heterocycles. The van der Waals surface area contributed by atoms with E-state index in [0.29, 0.717) is 44.6 Å². The van der Waals surface area contributed by atoms with Crippen molar-refractivity contribution in [3.05, 3.63) is 46.8 Å². The molecule has 3 aliphatic rings. The van der Waals surface area contributed by atoms with Crippen LogP contribution in [-0.2, 0) is 25.9 Å². The number of aromatic nitrogens is 2. The van der Waals surface area contributed by atoms with Gasteiger partial charge in [-0.3, -0.25) is 4.90 Å². The molecule has 0 saturated carbocycles. The number of ether oxygens (including phenoxy) is 2. The lowest BCUT2D eigenvalue weighted by Crippen LogP contribution is -2.47. The molecular weight excluding hydrogens is 488 g/mol. The van der Waals surface area contributed by atoms with Crippen LogP contribution in [0.5, 0.6) is 0 Å². The molecule has 0 aliphatic carbocycles. The quantitative estimate of drug-likeness (QED) is 0.565. The van der Waals surface area contributed by atoms with Gasteiger partial charge in [-0.15, -0.1) is 0 Å². The van der Waals surface area contributed by atoms with E-state index in [1.165, 1.54) is 24.2 Å². The summed E-state index contributed by atoms with van der Waals surface area (Å²) in [6.45, 7) is 5.63. The number of fused-ring (bicyclic) bond motifs is 1. The predicted octanol–water partition coefficient (Wildman–Crippen LogP) is 1.77. The highest BCUT2D eigenvalue weighted by Crippen LogP contribution is 2.36. The van der Waals surface area contributed by atoms with E-state index >= 15 is 0 Å². The second-order valence-electron chi connectivity index (χ2n) is 9.45. The van der Waals surface area contributed by atoms with E-state index < -0.39 is 27.6 Å². The molecule has 3 aliphatic heterocycles. The van der Waals surface area contributed by atoms with Crippen molar-refractivity contribution in [3.63, 3.8) is 0 Å². The second-order valence-corrected chi connectivity index (χ2v) is 11.7. The molecule has 0 unspecified atom stereocenters. The van der Waals surface area contributed by atoms with Crippen LogP contribution in [0.15, 0.2) is 29.6 Å². The van der Waals surface area contributed by atoms with Gasteiger partial charge in [0.15, 0.2) is 20.7 Å². The van der Waals surface area contributed by atoms with Gasteiger partial charge in [0.2, 0.25) is 0 Å². The number of aliphatic hydroxyl groups excluding tert-OH is 1. The Bertz CT molecular complexity index is 1300. The van der Waals surface area contributed by atoms with Gasteiger partial charge in [-0.25, -0.2) is 28.0 Å². The number of β-amino-alcohol motifs (C(OH)–C–C–N with tert-alkyl or cyclic N) is 1. The number of esters is 1. The van der Waals surface area contributed by atoms with Crippen molar-refractivity contribution in [2.24, 2.45) is 0 Å². The summed E-state index contributed by atoms with van der Waals surface area (Å²) in [6.07, 6.45) is 2.36. The van der Waals surface area contributed by atoms with Crippen molar-refractivity contribution in [3.8, 4) is 0 Å². The third kappa shape index (κ3) is 4.33. The molecule has 192 valence electrons. The highest BCUT2D eigenvalue weighted by Gasteiger charge is 2.48. The minimum atomic E-state index is -3.48. The van der Waals surface area contributed by atoms with Gasteiger partial charge in [0, 0.05) is 38.0 Å². The lowest BCUT2D eigenvalue weighted by atomic mass is 9.90. The molecule has 1 aromatic carbocycles. The predicted molar refractivity (Wildman–Crippen MR) is 127 cm³/mol. The number of carbonyl (C=O) groups excluding carboxylic acids is 2. The molecule has 0 radical (unpaired) electrons. The maximum atomic E-state index is 12.6. The molecule has 5 rings (SSSR count). The Balaban J connectivity index is 1.21. The summed E-state index contributed by atoms with van der Waals surface area (Å²) in [5.41, 5.74) is 2.37. The summed E-state index contributed by atoms with van der Waals surface area (Å²) in [5, 5.41) is 10.8. The van der Waals surface area contributed by atoms with Crippen molar-refractivity contribution >= 4 is 27.7 Å². The summed E-state index contributed by atoms with van der Waals surface area (Å²) >= 11 is 0. The molecular formula is C24H28N4O7S. The van der Waals surface area contributed by atoms with Gasteiger partial charge in [-0.05, 0) is 24.1 Å². The van der Waals surface area contributed by atoms with Gasteiger partial charge < -0.3 is 19.5 Å². The van der Waals surface area contributed by atoms with Crippen molar-refractivity contribution in [2.75, 3.05) is 36.8 Å². The molecule has 1 amide bonds. The Morgan fingerprint density at radius 1 is 1.17 bits per heavy atom. The molecule has 1 spiro atoms. The van der Waals surface area contributed by atoms with Crippen LogP contribution >= 0.6 is 0 Å². The van der Waals surface area contributed by atoms with E-state index in [0.717, 1.165) is 16.7 Å². The summed E-state index contributed by atoms with van der Waals surface area (Å²) in [4.78, 5) is 36.0. The van der Waals surface area contributed by atoms with Crippen LogP contribution in [0.25, 0.3) is 0 Å². The highest BCUT2D eigenvalue weighted by molar-refractivity contribution is 7.91. The number of benzene rings is 1. The molecule has 4 heterocycles. The number of sulfone groups is 1. The van der Waals surface area contributed by atoms with Crippen LogP contribution in [0.1, 0.15) is 52.9 Å². The van der Waals surface area contributed by atoms with Gasteiger partial charge in [0.1, 0.15) is 12.2 Å². The third-order valence-electron chi connectivity index (χ3n) is 7.33. The zero-order valence-corrected chi connectivity index (χ0v) is 21.0. The number of nitrogens with zero attached hydrogens (tertiary/aromatic N) is 4. The number of rotatable bonds is 6.